The van der Waals surface area contributed by atoms with Gasteiger partial charge in [0.2, 0.25) is 0 Å². The molecular formula is C16H19N2O5P. The van der Waals surface area contributed by atoms with Gasteiger partial charge in [0, 0.05) is 0 Å². The summed E-state index contributed by atoms with van der Waals surface area (Å²) in [4.78, 5) is 36.1. The van der Waals surface area contributed by atoms with Gasteiger partial charge in [-0.3, -0.25) is 14.2 Å². The summed E-state index contributed by atoms with van der Waals surface area (Å²) >= 11 is 0. The van der Waals surface area contributed by atoms with Crippen LogP contribution in [0.3, 0.4) is 0 Å². The SMILES string of the molecule is NC(CP(=O)(O)O)(C(=O)NOCc1ccccc1)c1ccccc1. The van der Waals surface area contributed by atoms with Crippen molar-refractivity contribution in [3.8, 4) is 0 Å². The Morgan fingerprint density at radius 2 is 1.62 bits per heavy atom. The maximum absolute atomic E-state index is 12.4. The van der Waals surface area contributed by atoms with E-state index in [9.17, 15) is 19.1 Å². The number of amides is 1. The first kappa shape index (κ1) is 18.3. The number of rotatable bonds is 7. The van der Waals surface area contributed by atoms with Gasteiger partial charge < -0.3 is 15.5 Å². The normalized spacial score (nSPS) is 14.0. The molecule has 8 heteroatoms. The minimum absolute atomic E-state index is 0.105. The Labute approximate surface area is 139 Å². The van der Waals surface area contributed by atoms with E-state index in [4.69, 9.17) is 10.6 Å². The molecule has 0 aliphatic rings. The Bertz CT molecular complexity index is 720. The van der Waals surface area contributed by atoms with Crippen LogP contribution in [0.4, 0.5) is 0 Å². The molecule has 0 aliphatic carbocycles. The molecule has 2 rings (SSSR count). The molecule has 128 valence electrons. The van der Waals surface area contributed by atoms with Crippen molar-refractivity contribution in [3.05, 3.63) is 71.8 Å². The van der Waals surface area contributed by atoms with E-state index in [2.05, 4.69) is 5.48 Å². The van der Waals surface area contributed by atoms with Gasteiger partial charge in [0.1, 0.15) is 5.54 Å². The second-order valence-corrected chi connectivity index (χ2v) is 7.01. The first-order valence-electron chi connectivity index (χ1n) is 7.16. The van der Waals surface area contributed by atoms with Gasteiger partial charge >= 0.3 is 7.60 Å². The van der Waals surface area contributed by atoms with Crippen LogP contribution in [0.1, 0.15) is 11.1 Å². The lowest BCUT2D eigenvalue weighted by Gasteiger charge is -2.28. The molecule has 0 bridgehead atoms. The summed E-state index contributed by atoms with van der Waals surface area (Å²) in [6.07, 6.45) is -0.829. The number of nitrogens with one attached hydrogen (secondary N) is 1. The van der Waals surface area contributed by atoms with Gasteiger partial charge in [0.05, 0.1) is 12.8 Å². The number of hydrogen-bond donors (Lipinski definition) is 4. The molecule has 0 saturated carbocycles. The first-order chi connectivity index (χ1) is 11.3. The monoisotopic (exact) mass is 350 g/mol. The summed E-state index contributed by atoms with van der Waals surface area (Å²) in [5, 5.41) is 0. The Morgan fingerprint density at radius 3 is 2.17 bits per heavy atom. The van der Waals surface area contributed by atoms with Crippen LogP contribution in [0.15, 0.2) is 60.7 Å². The third-order valence-electron chi connectivity index (χ3n) is 3.40. The molecule has 7 nitrogen and oxygen atoms in total. The van der Waals surface area contributed by atoms with Gasteiger partial charge in [-0.25, -0.2) is 5.48 Å². The molecule has 0 aliphatic heterocycles. The van der Waals surface area contributed by atoms with Crippen LogP contribution >= 0.6 is 7.60 Å². The van der Waals surface area contributed by atoms with Crippen LogP contribution in [-0.4, -0.2) is 21.9 Å². The van der Waals surface area contributed by atoms with Crippen LogP contribution in [0, 0.1) is 0 Å². The first-order valence-corrected chi connectivity index (χ1v) is 8.96. The quantitative estimate of drug-likeness (QED) is 0.441. The number of hydrogen-bond acceptors (Lipinski definition) is 4. The van der Waals surface area contributed by atoms with Crippen LogP contribution < -0.4 is 11.2 Å². The van der Waals surface area contributed by atoms with Crippen molar-refractivity contribution in [2.45, 2.75) is 12.1 Å². The predicted molar refractivity (Wildman–Crippen MR) is 88.6 cm³/mol. The fourth-order valence-corrected chi connectivity index (χ4v) is 3.18. The molecule has 0 spiro atoms. The second kappa shape index (κ2) is 7.70. The van der Waals surface area contributed by atoms with Crippen molar-refractivity contribution < 1.29 is 24.0 Å². The Hall–Kier alpha value is -2.02. The highest BCUT2D eigenvalue weighted by Gasteiger charge is 2.42. The van der Waals surface area contributed by atoms with E-state index in [1.807, 2.05) is 30.3 Å². The lowest BCUT2D eigenvalue weighted by Crippen LogP contribution is -2.53. The molecule has 1 amide bonds. The van der Waals surface area contributed by atoms with Crippen molar-refractivity contribution in [1.82, 2.24) is 5.48 Å². The number of carbonyl (C=O) groups excluding carboxylic acids is 1. The molecule has 0 fully saturated rings. The van der Waals surface area contributed by atoms with E-state index in [0.717, 1.165) is 5.56 Å². The number of carbonyl (C=O) groups is 1. The maximum atomic E-state index is 12.4. The van der Waals surface area contributed by atoms with Gasteiger partial charge in [-0.2, -0.15) is 0 Å². The van der Waals surface area contributed by atoms with Gasteiger partial charge in [0.15, 0.2) is 0 Å². The van der Waals surface area contributed by atoms with Crippen LogP contribution in [0.2, 0.25) is 0 Å². The number of nitrogens with two attached hydrogens (primary N) is 1. The van der Waals surface area contributed by atoms with Crippen molar-refractivity contribution >= 4 is 13.5 Å². The summed E-state index contributed by atoms with van der Waals surface area (Å²) < 4.78 is 11.4. The summed E-state index contributed by atoms with van der Waals surface area (Å²) in [6, 6.07) is 17.2. The fraction of sp³-hybridized carbons (Fsp3) is 0.188. The summed E-state index contributed by atoms with van der Waals surface area (Å²) in [5.41, 5.74) is 7.44. The highest BCUT2D eigenvalue weighted by molar-refractivity contribution is 7.51. The van der Waals surface area contributed by atoms with Gasteiger partial charge in [-0.05, 0) is 11.1 Å². The Balaban J connectivity index is 2.12. The molecule has 0 heterocycles. The molecule has 0 aromatic heterocycles. The zero-order chi connectivity index (χ0) is 17.6. The summed E-state index contributed by atoms with van der Waals surface area (Å²) in [5.74, 6) is -0.826. The van der Waals surface area contributed by atoms with E-state index in [1.54, 1.807) is 18.2 Å². The van der Waals surface area contributed by atoms with E-state index in [-0.39, 0.29) is 12.2 Å². The van der Waals surface area contributed by atoms with Crippen LogP contribution in [-0.2, 0) is 26.3 Å². The average Bonchev–Trinajstić information content (AvgIpc) is 2.55. The lowest BCUT2D eigenvalue weighted by molar-refractivity contribution is -0.140. The van der Waals surface area contributed by atoms with Crippen molar-refractivity contribution in [2.75, 3.05) is 6.16 Å². The predicted octanol–water partition coefficient (Wildman–Crippen LogP) is 1.27. The fourth-order valence-electron chi connectivity index (χ4n) is 2.20. The van der Waals surface area contributed by atoms with E-state index < -0.39 is 25.2 Å². The smallest absolute Gasteiger partial charge is 0.324 e. The van der Waals surface area contributed by atoms with Crippen molar-refractivity contribution in [3.63, 3.8) is 0 Å². The Kier molecular flexibility index (Phi) is 5.88. The zero-order valence-electron chi connectivity index (χ0n) is 12.8. The molecule has 0 saturated heterocycles. The van der Waals surface area contributed by atoms with Gasteiger partial charge in [-0.1, -0.05) is 60.7 Å². The van der Waals surface area contributed by atoms with E-state index in [0.29, 0.717) is 0 Å². The van der Waals surface area contributed by atoms with E-state index in [1.165, 1.54) is 12.1 Å². The van der Waals surface area contributed by atoms with Crippen molar-refractivity contribution in [2.24, 2.45) is 5.73 Å². The Morgan fingerprint density at radius 1 is 1.08 bits per heavy atom. The van der Waals surface area contributed by atoms with Gasteiger partial charge in [-0.15, -0.1) is 0 Å². The minimum atomic E-state index is -4.54. The standard InChI is InChI=1S/C16H19N2O5P/c17-16(12-24(20,21)22,14-9-5-2-6-10-14)15(19)18-23-11-13-7-3-1-4-8-13/h1-10H,11-12,17H2,(H,18,19)(H2,20,21,22). The largest absolute Gasteiger partial charge is 0.328 e. The summed E-state index contributed by atoms with van der Waals surface area (Å²) in [7, 11) is -4.54. The lowest BCUT2D eigenvalue weighted by atomic mass is 9.92. The molecule has 1 unspecified atom stereocenters. The maximum Gasteiger partial charge on any atom is 0.328 e. The zero-order valence-corrected chi connectivity index (χ0v) is 13.7. The second-order valence-electron chi connectivity index (χ2n) is 5.37. The average molecular weight is 350 g/mol. The molecular weight excluding hydrogens is 331 g/mol. The molecule has 5 N–H and O–H groups in total. The highest BCUT2D eigenvalue weighted by atomic mass is 31.2. The highest BCUT2D eigenvalue weighted by Crippen LogP contribution is 2.41. The van der Waals surface area contributed by atoms with E-state index >= 15 is 0 Å². The topological polar surface area (TPSA) is 122 Å². The third-order valence-corrected chi connectivity index (χ3v) is 4.31. The minimum Gasteiger partial charge on any atom is -0.324 e. The molecule has 24 heavy (non-hydrogen) atoms. The van der Waals surface area contributed by atoms with Crippen LogP contribution in [0.25, 0.3) is 0 Å². The molecule has 1 atom stereocenters. The summed E-state index contributed by atoms with van der Waals surface area (Å²) in [6.45, 7) is 0.105. The van der Waals surface area contributed by atoms with Crippen LogP contribution in [0.5, 0.6) is 0 Å². The van der Waals surface area contributed by atoms with Gasteiger partial charge in [0.25, 0.3) is 5.91 Å². The third kappa shape index (κ3) is 4.99. The molecule has 2 aromatic carbocycles. The number of hydroxylamine groups is 1. The number of benzene rings is 2. The molecule has 2 aromatic rings. The van der Waals surface area contributed by atoms with Crippen molar-refractivity contribution in [1.29, 1.82) is 0 Å². The molecule has 0 radical (unpaired) electrons.